The zero-order chi connectivity index (χ0) is 13.1. The van der Waals surface area contributed by atoms with Gasteiger partial charge in [0.2, 0.25) is 5.95 Å². The predicted octanol–water partition coefficient (Wildman–Crippen LogP) is 2.18. The van der Waals surface area contributed by atoms with E-state index >= 15 is 0 Å². The number of aromatic nitrogens is 2. The van der Waals surface area contributed by atoms with E-state index in [-0.39, 0.29) is 0 Å². The van der Waals surface area contributed by atoms with Crippen molar-refractivity contribution in [2.45, 2.75) is 38.6 Å². The number of rotatable bonds is 2. The van der Waals surface area contributed by atoms with Gasteiger partial charge in [0.25, 0.3) is 0 Å². The van der Waals surface area contributed by atoms with Gasteiger partial charge in [-0.2, -0.15) is 0 Å². The molecule has 2 aliphatic rings. The first-order chi connectivity index (χ1) is 9.33. The van der Waals surface area contributed by atoms with Gasteiger partial charge >= 0.3 is 0 Å². The van der Waals surface area contributed by atoms with Crippen LogP contribution in [-0.2, 0) is 0 Å². The standard InChI is InChI=1S/C15H24N4/c1-13-4-2-5-14(12-13)18-8-10-19(11-9-18)15-16-6-3-7-17-15/h3,6-7,13-14H,2,4-5,8-12H2,1H3/t13-,14+/m0/s1. The first kappa shape index (κ1) is 12.9. The largest absolute Gasteiger partial charge is 0.338 e. The molecule has 19 heavy (non-hydrogen) atoms. The number of hydrogen-bond acceptors (Lipinski definition) is 4. The molecule has 1 aromatic rings. The summed E-state index contributed by atoms with van der Waals surface area (Å²) in [5.74, 6) is 1.80. The summed E-state index contributed by atoms with van der Waals surface area (Å²) in [6.45, 7) is 6.86. The van der Waals surface area contributed by atoms with Gasteiger partial charge in [-0.05, 0) is 24.8 Å². The summed E-state index contributed by atoms with van der Waals surface area (Å²) in [6, 6.07) is 2.70. The maximum absolute atomic E-state index is 4.35. The second kappa shape index (κ2) is 5.87. The average Bonchev–Trinajstić information content (AvgIpc) is 2.48. The third-order valence-electron chi connectivity index (χ3n) is 4.57. The van der Waals surface area contributed by atoms with Crippen molar-refractivity contribution in [3.63, 3.8) is 0 Å². The highest BCUT2D eigenvalue weighted by atomic mass is 15.3. The van der Waals surface area contributed by atoms with Gasteiger partial charge in [-0.25, -0.2) is 9.97 Å². The van der Waals surface area contributed by atoms with Crippen LogP contribution in [0, 0.1) is 5.92 Å². The fraction of sp³-hybridized carbons (Fsp3) is 0.733. The van der Waals surface area contributed by atoms with Gasteiger partial charge in [0.05, 0.1) is 0 Å². The highest BCUT2D eigenvalue weighted by Gasteiger charge is 2.27. The predicted molar refractivity (Wildman–Crippen MR) is 77.2 cm³/mol. The number of hydrogen-bond donors (Lipinski definition) is 0. The van der Waals surface area contributed by atoms with Crippen LogP contribution in [0.2, 0.25) is 0 Å². The van der Waals surface area contributed by atoms with Crippen molar-refractivity contribution in [1.82, 2.24) is 14.9 Å². The molecular formula is C15H24N4. The van der Waals surface area contributed by atoms with Gasteiger partial charge in [0, 0.05) is 44.6 Å². The maximum atomic E-state index is 4.35. The van der Waals surface area contributed by atoms with E-state index in [0.717, 1.165) is 44.1 Å². The lowest BCUT2D eigenvalue weighted by molar-refractivity contribution is 0.127. The van der Waals surface area contributed by atoms with Crippen molar-refractivity contribution in [3.05, 3.63) is 18.5 Å². The molecule has 1 aromatic heterocycles. The summed E-state index contributed by atoms with van der Waals surface area (Å²) in [4.78, 5) is 13.7. The molecule has 0 N–H and O–H groups in total. The molecule has 2 fully saturated rings. The molecule has 1 aliphatic heterocycles. The molecule has 0 aromatic carbocycles. The normalized spacial score (nSPS) is 29.4. The first-order valence-corrected chi connectivity index (χ1v) is 7.59. The summed E-state index contributed by atoms with van der Waals surface area (Å²) < 4.78 is 0. The number of piperazine rings is 1. The Bertz CT molecular complexity index is 386. The highest BCUT2D eigenvalue weighted by molar-refractivity contribution is 5.29. The molecule has 4 heteroatoms. The minimum absolute atomic E-state index is 0.822. The van der Waals surface area contributed by atoms with Gasteiger partial charge in [-0.15, -0.1) is 0 Å². The molecule has 1 saturated carbocycles. The molecule has 0 bridgehead atoms. The summed E-state index contributed by atoms with van der Waals surface area (Å²) in [5, 5.41) is 0. The topological polar surface area (TPSA) is 32.3 Å². The number of anilines is 1. The van der Waals surface area contributed by atoms with E-state index in [4.69, 9.17) is 0 Å². The smallest absolute Gasteiger partial charge is 0.225 e. The number of nitrogens with zero attached hydrogens (tertiary/aromatic N) is 4. The Hall–Kier alpha value is -1.16. The van der Waals surface area contributed by atoms with Crippen LogP contribution in [0.25, 0.3) is 0 Å². The molecule has 1 aliphatic carbocycles. The van der Waals surface area contributed by atoms with E-state index in [1.807, 2.05) is 18.5 Å². The molecule has 0 radical (unpaired) electrons. The summed E-state index contributed by atoms with van der Waals surface area (Å²) >= 11 is 0. The molecule has 0 amide bonds. The molecule has 2 atom stereocenters. The Morgan fingerprint density at radius 3 is 2.47 bits per heavy atom. The molecule has 0 unspecified atom stereocenters. The minimum atomic E-state index is 0.822. The second-order valence-electron chi connectivity index (χ2n) is 6.00. The van der Waals surface area contributed by atoms with E-state index in [9.17, 15) is 0 Å². The maximum Gasteiger partial charge on any atom is 0.225 e. The monoisotopic (exact) mass is 260 g/mol. The van der Waals surface area contributed by atoms with Crippen LogP contribution >= 0.6 is 0 Å². The zero-order valence-electron chi connectivity index (χ0n) is 11.8. The van der Waals surface area contributed by atoms with Crippen LogP contribution in [0.5, 0.6) is 0 Å². The minimum Gasteiger partial charge on any atom is -0.338 e. The van der Waals surface area contributed by atoms with Crippen molar-refractivity contribution in [2.75, 3.05) is 31.1 Å². The van der Waals surface area contributed by atoms with Crippen LogP contribution in [0.1, 0.15) is 32.6 Å². The third kappa shape index (κ3) is 3.06. The molecular weight excluding hydrogens is 236 g/mol. The second-order valence-corrected chi connectivity index (χ2v) is 6.00. The fourth-order valence-electron chi connectivity index (χ4n) is 3.48. The van der Waals surface area contributed by atoms with Gasteiger partial charge in [-0.1, -0.05) is 19.8 Å². The summed E-state index contributed by atoms with van der Waals surface area (Å²) in [6.07, 6.45) is 9.28. The van der Waals surface area contributed by atoms with Gasteiger partial charge < -0.3 is 4.90 Å². The lowest BCUT2D eigenvalue weighted by Crippen LogP contribution is -2.51. The molecule has 2 heterocycles. The SMILES string of the molecule is C[C@H]1CCC[C@@H](N2CCN(c3ncccn3)CC2)C1. The van der Waals surface area contributed by atoms with Gasteiger partial charge in [-0.3, -0.25) is 4.90 Å². The van der Waals surface area contributed by atoms with E-state index in [0.29, 0.717) is 0 Å². The summed E-state index contributed by atoms with van der Waals surface area (Å²) in [5.41, 5.74) is 0. The van der Waals surface area contributed by atoms with Crippen LogP contribution in [0.3, 0.4) is 0 Å². The van der Waals surface area contributed by atoms with E-state index in [1.165, 1.54) is 25.7 Å². The third-order valence-corrected chi connectivity index (χ3v) is 4.57. The Balaban J connectivity index is 1.54. The zero-order valence-corrected chi connectivity index (χ0v) is 11.8. The Morgan fingerprint density at radius 1 is 1.05 bits per heavy atom. The van der Waals surface area contributed by atoms with Crippen molar-refractivity contribution in [1.29, 1.82) is 0 Å². The molecule has 4 nitrogen and oxygen atoms in total. The lowest BCUT2D eigenvalue weighted by atomic mass is 9.86. The quantitative estimate of drug-likeness (QED) is 0.816. The average molecular weight is 260 g/mol. The molecule has 1 saturated heterocycles. The van der Waals surface area contributed by atoms with Crippen LogP contribution in [0.4, 0.5) is 5.95 Å². The van der Waals surface area contributed by atoms with Crippen LogP contribution in [0.15, 0.2) is 18.5 Å². The first-order valence-electron chi connectivity index (χ1n) is 7.59. The molecule has 0 spiro atoms. The Labute approximate surface area is 115 Å². The highest BCUT2D eigenvalue weighted by Crippen LogP contribution is 2.28. The van der Waals surface area contributed by atoms with Crippen LogP contribution in [-0.4, -0.2) is 47.1 Å². The van der Waals surface area contributed by atoms with Gasteiger partial charge in [0.1, 0.15) is 0 Å². The van der Waals surface area contributed by atoms with Crippen molar-refractivity contribution in [2.24, 2.45) is 5.92 Å². The molecule has 104 valence electrons. The van der Waals surface area contributed by atoms with E-state index in [2.05, 4.69) is 26.7 Å². The van der Waals surface area contributed by atoms with Crippen LogP contribution < -0.4 is 4.90 Å². The Kier molecular flexibility index (Phi) is 3.97. The van der Waals surface area contributed by atoms with Gasteiger partial charge in [0.15, 0.2) is 0 Å². The fourth-order valence-corrected chi connectivity index (χ4v) is 3.48. The van der Waals surface area contributed by atoms with Crippen molar-refractivity contribution in [3.8, 4) is 0 Å². The lowest BCUT2D eigenvalue weighted by Gasteiger charge is -2.41. The van der Waals surface area contributed by atoms with Crippen molar-refractivity contribution < 1.29 is 0 Å². The van der Waals surface area contributed by atoms with E-state index < -0.39 is 0 Å². The van der Waals surface area contributed by atoms with E-state index in [1.54, 1.807) is 0 Å². The summed E-state index contributed by atoms with van der Waals surface area (Å²) in [7, 11) is 0. The van der Waals surface area contributed by atoms with Crippen molar-refractivity contribution >= 4 is 5.95 Å². The Morgan fingerprint density at radius 2 is 1.79 bits per heavy atom. The molecule has 3 rings (SSSR count).